The highest BCUT2D eigenvalue weighted by atomic mass is 79.9. The van der Waals surface area contributed by atoms with Crippen molar-refractivity contribution >= 4 is 31.9 Å². The third-order valence-electron chi connectivity index (χ3n) is 4.62. The van der Waals surface area contributed by atoms with Crippen molar-refractivity contribution in [2.45, 2.75) is 49.6 Å². The number of rotatable bonds is 3. The third kappa shape index (κ3) is 2.19. The smallest absolute Gasteiger partial charge is 0.0731 e. The van der Waals surface area contributed by atoms with Gasteiger partial charge >= 0.3 is 0 Å². The molecule has 1 spiro atoms. The van der Waals surface area contributed by atoms with E-state index in [0.717, 1.165) is 11.1 Å². The molecule has 2 fully saturated rings. The SMILES string of the molecule is Brc1ccccc1COC1CC(Br)C12CCCC2. The zero-order chi connectivity index (χ0) is 12.6. The Labute approximate surface area is 126 Å². The topological polar surface area (TPSA) is 9.23 Å². The average Bonchev–Trinajstić information content (AvgIpc) is 2.88. The summed E-state index contributed by atoms with van der Waals surface area (Å²) in [5.74, 6) is 0. The van der Waals surface area contributed by atoms with Gasteiger partial charge in [-0.2, -0.15) is 0 Å². The summed E-state index contributed by atoms with van der Waals surface area (Å²) in [5, 5.41) is 0. The highest BCUT2D eigenvalue weighted by molar-refractivity contribution is 9.10. The Morgan fingerprint density at radius 1 is 1.22 bits per heavy atom. The van der Waals surface area contributed by atoms with Crippen LogP contribution in [0.5, 0.6) is 0 Å². The molecule has 0 bridgehead atoms. The minimum Gasteiger partial charge on any atom is -0.373 e. The van der Waals surface area contributed by atoms with Gasteiger partial charge < -0.3 is 4.74 Å². The Morgan fingerprint density at radius 3 is 2.61 bits per heavy atom. The molecule has 0 saturated heterocycles. The molecular weight excluding hydrogens is 356 g/mol. The Hall–Kier alpha value is 0.140. The van der Waals surface area contributed by atoms with Gasteiger partial charge in [0.25, 0.3) is 0 Å². The summed E-state index contributed by atoms with van der Waals surface area (Å²) in [6.07, 6.45) is 7.04. The van der Waals surface area contributed by atoms with Crippen molar-refractivity contribution in [1.29, 1.82) is 0 Å². The van der Waals surface area contributed by atoms with Crippen molar-refractivity contribution in [2.75, 3.05) is 0 Å². The lowest BCUT2D eigenvalue weighted by molar-refractivity contribution is -0.108. The summed E-state index contributed by atoms with van der Waals surface area (Å²) in [4.78, 5) is 0.678. The molecule has 0 N–H and O–H groups in total. The van der Waals surface area contributed by atoms with Crippen molar-refractivity contribution in [3.05, 3.63) is 34.3 Å². The van der Waals surface area contributed by atoms with E-state index in [1.165, 1.54) is 37.7 Å². The number of benzene rings is 1. The van der Waals surface area contributed by atoms with Crippen molar-refractivity contribution in [3.8, 4) is 0 Å². The number of hydrogen-bond donors (Lipinski definition) is 0. The standard InChI is InChI=1S/C15H18Br2O/c16-12-6-2-1-5-11(12)10-18-14-9-13(17)15(14)7-3-4-8-15/h1-2,5-6,13-14H,3-4,7-10H2. The lowest BCUT2D eigenvalue weighted by Gasteiger charge is -2.51. The van der Waals surface area contributed by atoms with Gasteiger partial charge in [-0.25, -0.2) is 0 Å². The van der Waals surface area contributed by atoms with E-state index in [0.29, 0.717) is 16.3 Å². The van der Waals surface area contributed by atoms with Crippen molar-refractivity contribution in [1.82, 2.24) is 0 Å². The molecule has 3 heteroatoms. The van der Waals surface area contributed by atoms with Crippen molar-refractivity contribution in [3.63, 3.8) is 0 Å². The molecule has 2 saturated carbocycles. The van der Waals surface area contributed by atoms with Gasteiger partial charge in [0.2, 0.25) is 0 Å². The molecule has 1 aromatic rings. The summed E-state index contributed by atoms with van der Waals surface area (Å²) in [7, 11) is 0. The predicted octanol–water partition coefficient (Wildman–Crippen LogP) is 5.06. The zero-order valence-electron chi connectivity index (χ0n) is 10.4. The fourth-order valence-corrected chi connectivity index (χ4v) is 4.90. The largest absolute Gasteiger partial charge is 0.373 e. The molecular formula is C15H18Br2O. The Balaban J connectivity index is 1.63. The van der Waals surface area contributed by atoms with Crippen LogP contribution in [0.1, 0.15) is 37.7 Å². The number of halogens is 2. The molecule has 2 aliphatic carbocycles. The quantitative estimate of drug-likeness (QED) is 0.672. The monoisotopic (exact) mass is 372 g/mol. The molecule has 1 nitrogen and oxygen atoms in total. The van der Waals surface area contributed by atoms with Gasteiger partial charge in [0, 0.05) is 14.7 Å². The summed E-state index contributed by atoms with van der Waals surface area (Å²) in [6.45, 7) is 0.730. The molecule has 0 amide bonds. The lowest BCUT2D eigenvalue weighted by atomic mass is 9.64. The first-order chi connectivity index (χ1) is 8.72. The fourth-order valence-electron chi connectivity index (χ4n) is 3.41. The van der Waals surface area contributed by atoms with Gasteiger partial charge in [-0.1, -0.05) is 62.9 Å². The van der Waals surface area contributed by atoms with Crippen LogP contribution in [0.4, 0.5) is 0 Å². The summed E-state index contributed by atoms with van der Waals surface area (Å²) >= 11 is 7.42. The average molecular weight is 374 g/mol. The molecule has 1 aromatic carbocycles. The van der Waals surface area contributed by atoms with Crippen LogP contribution in [0.15, 0.2) is 28.7 Å². The van der Waals surface area contributed by atoms with Gasteiger partial charge in [0.15, 0.2) is 0 Å². The first-order valence-electron chi connectivity index (χ1n) is 6.71. The van der Waals surface area contributed by atoms with Crippen LogP contribution < -0.4 is 0 Å². The van der Waals surface area contributed by atoms with Gasteiger partial charge in [-0.15, -0.1) is 0 Å². The maximum absolute atomic E-state index is 6.19. The number of alkyl halides is 1. The normalized spacial score (nSPS) is 29.4. The fraction of sp³-hybridized carbons (Fsp3) is 0.600. The second-order valence-corrected chi connectivity index (χ2v) is 7.49. The van der Waals surface area contributed by atoms with Crippen LogP contribution in [0.25, 0.3) is 0 Å². The second-order valence-electron chi connectivity index (χ2n) is 5.53. The highest BCUT2D eigenvalue weighted by Crippen LogP contribution is 2.57. The van der Waals surface area contributed by atoms with Gasteiger partial charge in [-0.3, -0.25) is 0 Å². The number of ether oxygens (including phenoxy) is 1. The molecule has 0 aromatic heterocycles. The van der Waals surface area contributed by atoms with E-state index in [2.05, 4.69) is 50.1 Å². The van der Waals surface area contributed by atoms with E-state index in [1.807, 2.05) is 6.07 Å². The predicted molar refractivity (Wildman–Crippen MR) is 81.0 cm³/mol. The Kier molecular flexibility index (Phi) is 3.84. The molecule has 0 aliphatic heterocycles. The van der Waals surface area contributed by atoms with Crippen LogP contribution in [-0.2, 0) is 11.3 Å². The minimum absolute atomic E-state index is 0.446. The molecule has 3 rings (SSSR count). The van der Waals surface area contributed by atoms with Crippen LogP contribution in [-0.4, -0.2) is 10.9 Å². The highest BCUT2D eigenvalue weighted by Gasteiger charge is 2.55. The Morgan fingerprint density at radius 2 is 1.94 bits per heavy atom. The van der Waals surface area contributed by atoms with E-state index in [1.54, 1.807) is 0 Å². The maximum atomic E-state index is 6.19. The van der Waals surface area contributed by atoms with Crippen LogP contribution >= 0.6 is 31.9 Å². The molecule has 98 valence electrons. The first kappa shape index (κ1) is 13.1. The summed E-state index contributed by atoms with van der Waals surface area (Å²) < 4.78 is 7.35. The lowest BCUT2D eigenvalue weighted by Crippen LogP contribution is -2.53. The first-order valence-corrected chi connectivity index (χ1v) is 8.42. The van der Waals surface area contributed by atoms with Crippen LogP contribution in [0.2, 0.25) is 0 Å². The third-order valence-corrected chi connectivity index (χ3v) is 6.68. The van der Waals surface area contributed by atoms with Crippen molar-refractivity contribution < 1.29 is 4.74 Å². The molecule has 0 heterocycles. The van der Waals surface area contributed by atoms with Crippen molar-refractivity contribution in [2.24, 2.45) is 5.41 Å². The van der Waals surface area contributed by atoms with E-state index < -0.39 is 0 Å². The van der Waals surface area contributed by atoms with E-state index in [4.69, 9.17) is 4.74 Å². The van der Waals surface area contributed by atoms with E-state index in [9.17, 15) is 0 Å². The molecule has 2 atom stereocenters. The Bertz CT molecular complexity index is 426. The van der Waals surface area contributed by atoms with Crippen LogP contribution in [0, 0.1) is 5.41 Å². The number of hydrogen-bond acceptors (Lipinski definition) is 1. The minimum atomic E-state index is 0.446. The maximum Gasteiger partial charge on any atom is 0.0731 e. The molecule has 2 unspecified atom stereocenters. The zero-order valence-corrected chi connectivity index (χ0v) is 13.5. The molecule has 2 aliphatic rings. The second kappa shape index (κ2) is 5.26. The van der Waals surface area contributed by atoms with Gasteiger partial charge in [-0.05, 0) is 30.9 Å². The van der Waals surface area contributed by atoms with Gasteiger partial charge in [0.1, 0.15) is 0 Å². The van der Waals surface area contributed by atoms with E-state index >= 15 is 0 Å². The van der Waals surface area contributed by atoms with E-state index in [-0.39, 0.29) is 0 Å². The summed E-state index contributed by atoms with van der Waals surface area (Å²) in [6, 6.07) is 8.33. The van der Waals surface area contributed by atoms with Crippen LogP contribution in [0.3, 0.4) is 0 Å². The molecule has 0 radical (unpaired) electrons. The summed E-state index contributed by atoms with van der Waals surface area (Å²) in [5.41, 5.74) is 1.70. The van der Waals surface area contributed by atoms with Gasteiger partial charge in [0.05, 0.1) is 12.7 Å². The molecule has 18 heavy (non-hydrogen) atoms.